The van der Waals surface area contributed by atoms with Crippen LogP contribution in [0, 0.1) is 12.3 Å². The van der Waals surface area contributed by atoms with Crippen LogP contribution < -0.4 is 0 Å². The van der Waals surface area contributed by atoms with E-state index in [1.165, 1.54) is 0 Å². The number of imidazole rings is 1. The first kappa shape index (κ1) is 9.26. The van der Waals surface area contributed by atoms with Crippen LogP contribution in [0.3, 0.4) is 0 Å². The molecule has 68 valence electrons. The number of aromatic nitrogens is 2. The van der Waals surface area contributed by atoms with Gasteiger partial charge < -0.3 is 10.1 Å². The van der Waals surface area contributed by atoms with Gasteiger partial charge in [-0.15, -0.1) is 0 Å². The van der Waals surface area contributed by atoms with Crippen LogP contribution in [0.4, 0.5) is 0 Å². The first-order chi connectivity index (χ1) is 5.55. The molecule has 12 heavy (non-hydrogen) atoms. The Balaban J connectivity index is 2.70. The van der Waals surface area contributed by atoms with Gasteiger partial charge in [-0.3, -0.25) is 0 Å². The fourth-order valence-electron chi connectivity index (χ4n) is 1.07. The lowest BCUT2D eigenvalue weighted by atomic mass is 9.88. The lowest BCUT2D eigenvalue weighted by Gasteiger charge is -2.20. The lowest BCUT2D eigenvalue weighted by molar-refractivity contribution is 0.158. The van der Waals surface area contributed by atoms with E-state index in [0.717, 1.165) is 17.8 Å². The van der Waals surface area contributed by atoms with Crippen LogP contribution in [0.1, 0.15) is 25.2 Å². The summed E-state index contributed by atoms with van der Waals surface area (Å²) < 4.78 is 0. The van der Waals surface area contributed by atoms with Crippen LogP contribution in [0.5, 0.6) is 0 Å². The van der Waals surface area contributed by atoms with Gasteiger partial charge in [0.15, 0.2) is 0 Å². The normalized spacial score (nSPS) is 12.0. The van der Waals surface area contributed by atoms with Crippen molar-refractivity contribution in [2.45, 2.75) is 27.2 Å². The largest absolute Gasteiger partial charge is 0.396 e. The Morgan fingerprint density at radius 3 is 2.67 bits per heavy atom. The Morgan fingerprint density at radius 2 is 2.25 bits per heavy atom. The summed E-state index contributed by atoms with van der Waals surface area (Å²) in [6.07, 6.45) is 2.51. The van der Waals surface area contributed by atoms with Gasteiger partial charge in [0.1, 0.15) is 0 Å². The van der Waals surface area contributed by atoms with Gasteiger partial charge in [0.25, 0.3) is 0 Å². The number of aryl methyl sites for hydroxylation is 1. The average molecular weight is 168 g/mol. The highest BCUT2D eigenvalue weighted by atomic mass is 16.3. The zero-order chi connectivity index (χ0) is 9.19. The molecule has 0 saturated heterocycles. The summed E-state index contributed by atoms with van der Waals surface area (Å²) in [7, 11) is 0. The first-order valence-electron chi connectivity index (χ1n) is 4.15. The first-order valence-corrected chi connectivity index (χ1v) is 4.15. The minimum Gasteiger partial charge on any atom is -0.396 e. The molecule has 0 amide bonds. The molecule has 1 aromatic rings. The van der Waals surface area contributed by atoms with E-state index < -0.39 is 0 Å². The van der Waals surface area contributed by atoms with E-state index in [2.05, 4.69) is 9.97 Å². The van der Waals surface area contributed by atoms with Crippen molar-refractivity contribution in [1.82, 2.24) is 9.97 Å². The SMILES string of the molecule is Cc1[nH]cnc1CC(C)(C)CO. The molecule has 0 aromatic carbocycles. The van der Waals surface area contributed by atoms with Gasteiger partial charge in [0.2, 0.25) is 0 Å². The Morgan fingerprint density at radius 1 is 1.58 bits per heavy atom. The summed E-state index contributed by atoms with van der Waals surface area (Å²) >= 11 is 0. The number of nitrogens with zero attached hydrogens (tertiary/aromatic N) is 1. The molecule has 0 spiro atoms. The second-order valence-electron chi connectivity index (χ2n) is 3.97. The Labute approximate surface area is 72.8 Å². The lowest BCUT2D eigenvalue weighted by Crippen LogP contribution is -2.20. The van der Waals surface area contributed by atoms with Gasteiger partial charge in [0.05, 0.1) is 12.0 Å². The van der Waals surface area contributed by atoms with E-state index in [0.29, 0.717) is 0 Å². The van der Waals surface area contributed by atoms with Gasteiger partial charge in [-0.2, -0.15) is 0 Å². The summed E-state index contributed by atoms with van der Waals surface area (Å²) in [4.78, 5) is 7.20. The predicted molar refractivity (Wildman–Crippen MR) is 47.9 cm³/mol. The van der Waals surface area contributed by atoms with Crippen LogP contribution in [-0.2, 0) is 6.42 Å². The standard InChI is InChI=1S/C9H16N2O/c1-7-8(11-6-10-7)4-9(2,3)5-12/h6,12H,4-5H2,1-3H3,(H,10,11). The van der Waals surface area contributed by atoms with E-state index in [-0.39, 0.29) is 12.0 Å². The number of aromatic amines is 1. The smallest absolute Gasteiger partial charge is 0.0925 e. The molecule has 1 aromatic heterocycles. The number of hydrogen-bond donors (Lipinski definition) is 2. The van der Waals surface area contributed by atoms with Crippen molar-refractivity contribution in [1.29, 1.82) is 0 Å². The van der Waals surface area contributed by atoms with E-state index in [4.69, 9.17) is 5.11 Å². The Bertz CT molecular complexity index is 253. The quantitative estimate of drug-likeness (QED) is 0.714. The number of aliphatic hydroxyl groups excluding tert-OH is 1. The molecule has 0 radical (unpaired) electrons. The highest BCUT2D eigenvalue weighted by Crippen LogP contribution is 2.20. The maximum absolute atomic E-state index is 9.05. The molecule has 0 bridgehead atoms. The second kappa shape index (κ2) is 3.27. The fraction of sp³-hybridized carbons (Fsp3) is 0.667. The molecule has 3 heteroatoms. The van der Waals surface area contributed by atoms with Crippen molar-refractivity contribution < 1.29 is 5.11 Å². The van der Waals surface area contributed by atoms with Gasteiger partial charge >= 0.3 is 0 Å². The number of H-pyrrole nitrogens is 1. The van der Waals surface area contributed by atoms with Crippen molar-refractivity contribution in [2.24, 2.45) is 5.41 Å². The topological polar surface area (TPSA) is 48.9 Å². The highest BCUT2D eigenvalue weighted by molar-refractivity contribution is 5.10. The van der Waals surface area contributed by atoms with Gasteiger partial charge in [-0.1, -0.05) is 13.8 Å². The summed E-state index contributed by atoms with van der Waals surface area (Å²) in [5.74, 6) is 0. The molecule has 0 saturated carbocycles. The molecule has 0 unspecified atom stereocenters. The minimum atomic E-state index is -0.0695. The zero-order valence-corrected chi connectivity index (χ0v) is 7.89. The number of nitrogens with one attached hydrogen (secondary N) is 1. The predicted octanol–water partition coefficient (Wildman–Crippen LogP) is 1.28. The van der Waals surface area contributed by atoms with Crippen molar-refractivity contribution in [2.75, 3.05) is 6.61 Å². The zero-order valence-electron chi connectivity index (χ0n) is 7.89. The third-order valence-electron chi connectivity index (χ3n) is 2.01. The summed E-state index contributed by atoms with van der Waals surface area (Å²) in [6, 6.07) is 0. The molecule has 1 rings (SSSR count). The van der Waals surface area contributed by atoms with Gasteiger partial charge in [-0.05, 0) is 18.8 Å². The summed E-state index contributed by atoms with van der Waals surface area (Å²) in [5.41, 5.74) is 2.07. The second-order valence-corrected chi connectivity index (χ2v) is 3.97. The Hall–Kier alpha value is -0.830. The van der Waals surface area contributed by atoms with Crippen LogP contribution in [-0.4, -0.2) is 21.7 Å². The monoisotopic (exact) mass is 168 g/mol. The van der Waals surface area contributed by atoms with Crippen LogP contribution in [0.25, 0.3) is 0 Å². The molecule has 0 aliphatic heterocycles. The van der Waals surface area contributed by atoms with Gasteiger partial charge in [0, 0.05) is 12.3 Å². The van der Waals surface area contributed by atoms with E-state index in [1.54, 1.807) is 6.33 Å². The highest BCUT2D eigenvalue weighted by Gasteiger charge is 2.19. The molecule has 3 nitrogen and oxygen atoms in total. The molecule has 2 N–H and O–H groups in total. The molecular weight excluding hydrogens is 152 g/mol. The van der Waals surface area contributed by atoms with E-state index in [9.17, 15) is 0 Å². The molecule has 0 aliphatic carbocycles. The van der Waals surface area contributed by atoms with Crippen molar-refractivity contribution in [3.63, 3.8) is 0 Å². The molecular formula is C9H16N2O. The number of hydrogen-bond acceptors (Lipinski definition) is 2. The van der Waals surface area contributed by atoms with Crippen LogP contribution >= 0.6 is 0 Å². The third kappa shape index (κ3) is 2.08. The van der Waals surface area contributed by atoms with E-state index in [1.807, 2.05) is 20.8 Å². The van der Waals surface area contributed by atoms with Crippen LogP contribution in [0.2, 0.25) is 0 Å². The molecule has 0 atom stereocenters. The molecule has 0 aliphatic rings. The van der Waals surface area contributed by atoms with Gasteiger partial charge in [-0.25, -0.2) is 4.98 Å². The third-order valence-corrected chi connectivity index (χ3v) is 2.01. The summed E-state index contributed by atoms with van der Waals surface area (Å²) in [6.45, 7) is 6.25. The maximum atomic E-state index is 9.05. The van der Waals surface area contributed by atoms with Crippen molar-refractivity contribution >= 4 is 0 Å². The summed E-state index contributed by atoms with van der Waals surface area (Å²) in [5, 5.41) is 9.05. The number of aliphatic hydroxyl groups is 1. The van der Waals surface area contributed by atoms with E-state index >= 15 is 0 Å². The minimum absolute atomic E-state index is 0.0695. The average Bonchev–Trinajstić information content (AvgIpc) is 2.36. The molecule has 0 fully saturated rings. The fourth-order valence-corrected chi connectivity index (χ4v) is 1.07. The van der Waals surface area contributed by atoms with Crippen LogP contribution in [0.15, 0.2) is 6.33 Å². The molecule has 1 heterocycles. The van der Waals surface area contributed by atoms with Crippen molar-refractivity contribution in [3.8, 4) is 0 Å². The Kier molecular flexibility index (Phi) is 2.52. The van der Waals surface area contributed by atoms with Crippen molar-refractivity contribution in [3.05, 3.63) is 17.7 Å². The number of rotatable bonds is 3. The maximum Gasteiger partial charge on any atom is 0.0925 e.